The van der Waals surface area contributed by atoms with E-state index in [0.717, 1.165) is 49.1 Å². The van der Waals surface area contributed by atoms with E-state index in [1.807, 2.05) is 24.3 Å². The van der Waals surface area contributed by atoms with Crippen molar-refractivity contribution in [1.29, 1.82) is 0 Å². The number of aryl methyl sites for hydroxylation is 1. The molecule has 0 saturated heterocycles. The van der Waals surface area contributed by atoms with Crippen molar-refractivity contribution in [3.8, 4) is 0 Å². The first-order chi connectivity index (χ1) is 14.0. The number of ether oxygens (including phenoxy) is 1. The highest BCUT2D eigenvalue weighted by Gasteiger charge is 2.24. The molecule has 0 radical (unpaired) electrons. The van der Waals surface area contributed by atoms with Gasteiger partial charge in [0.05, 0.1) is 11.1 Å². The Morgan fingerprint density at radius 2 is 1.83 bits per heavy atom. The highest BCUT2D eigenvalue weighted by atomic mass is 19.2. The Morgan fingerprint density at radius 1 is 1.03 bits per heavy atom. The van der Waals surface area contributed by atoms with Crippen molar-refractivity contribution < 1.29 is 23.1 Å². The maximum absolute atomic E-state index is 13.3. The maximum Gasteiger partial charge on any atom is 0.339 e. The second kappa shape index (κ2) is 7.95. The molecular weight excluding hydrogens is 378 g/mol. The molecule has 0 atom stereocenters. The fraction of sp³-hybridized carbons (Fsp3) is 0.227. The van der Waals surface area contributed by atoms with Crippen LogP contribution in [-0.2, 0) is 22.4 Å². The van der Waals surface area contributed by atoms with Crippen LogP contribution in [0.4, 0.5) is 14.5 Å². The van der Waals surface area contributed by atoms with Crippen molar-refractivity contribution in [2.75, 3.05) is 11.9 Å². The Labute approximate surface area is 165 Å². The second-order valence-electron chi connectivity index (χ2n) is 6.89. The summed E-state index contributed by atoms with van der Waals surface area (Å²) in [6, 6.07) is 10.3. The quantitative estimate of drug-likeness (QED) is 0.672. The smallest absolute Gasteiger partial charge is 0.339 e. The molecule has 1 aliphatic carbocycles. The van der Waals surface area contributed by atoms with Crippen LogP contribution in [0.3, 0.4) is 0 Å². The van der Waals surface area contributed by atoms with Crippen LogP contribution in [0.2, 0.25) is 0 Å². The van der Waals surface area contributed by atoms with E-state index in [-0.39, 0.29) is 5.69 Å². The van der Waals surface area contributed by atoms with Crippen LogP contribution in [0.5, 0.6) is 0 Å². The summed E-state index contributed by atoms with van der Waals surface area (Å²) in [4.78, 5) is 29.6. The number of rotatable bonds is 4. The van der Waals surface area contributed by atoms with Gasteiger partial charge in [0.2, 0.25) is 0 Å². The zero-order valence-corrected chi connectivity index (χ0v) is 15.5. The van der Waals surface area contributed by atoms with E-state index in [1.165, 1.54) is 6.07 Å². The Bertz CT molecular complexity index is 1110. The first kappa shape index (κ1) is 19.0. The summed E-state index contributed by atoms with van der Waals surface area (Å²) in [6.07, 6.45) is 3.52. The van der Waals surface area contributed by atoms with E-state index in [2.05, 4.69) is 10.3 Å². The largest absolute Gasteiger partial charge is 0.452 e. The minimum atomic E-state index is -1.07. The number of halogens is 2. The first-order valence-electron chi connectivity index (χ1n) is 9.35. The molecule has 2 aromatic carbocycles. The number of amides is 1. The summed E-state index contributed by atoms with van der Waals surface area (Å²) in [5.74, 6) is -3.32. The predicted molar refractivity (Wildman–Crippen MR) is 104 cm³/mol. The van der Waals surface area contributed by atoms with Crippen LogP contribution >= 0.6 is 0 Å². The number of aromatic nitrogens is 1. The molecule has 148 valence electrons. The van der Waals surface area contributed by atoms with E-state index in [9.17, 15) is 18.4 Å². The number of nitrogens with one attached hydrogen (secondary N) is 1. The van der Waals surface area contributed by atoms with Crippen LogP contribution in [-0.4, -0.2) is 23.5 Å². The van der Waals surface area contributed by atoms with Crippen molar-refractivity contribution >= 4 is 28.5 Å². The lowest BCUT2D eigenvalue weighted by Gasteiger charge is -2.19. The van der Waals surface area contributed by atoms with Crippen LogP contribution in [0.15, 0.2) is 42.5 Å². The molecule has 1 aromatic heterocycles. The molecule has 7 heteroatoms. The molecule has 29 heavy (non-hydrogen) atoms. The predicted octanol–water partition coefficient (Wildman–Crippen LogP) is 4.19. The summed E-state index contributed by atoms with van der Waals surface area (Å²) in [5.41, 5.74) is 3.02. The Morgan fingerprint density at radius 3 is 2.66 bits per heavy atom. The summed E-state index contributed by atoms with van der Waals surface area (Å²) in [5, 5.41) is 3.07. The summed E-state index contributed by atoms with van der Waals surface area (Å²) in [7, 11) is 0. The molecule has 4 rings (SSSR count). The summed E-state index contributed by atoms with van der Waals surface area (Å²) >= 11 is 0. The van der Waals surface area contributed by atoms with E-state index < -0.39 is 30.1 Å². The normalized spacial score (nSPS) is 13.0. The van der Waals surface area contributed by atoms with Gasteiger partial charge in [0.25, 0.3) is 5.91 Å². The average molecular weight is 396 g/mol. The molecule has 0 unspecified atom stereocenters. The Hall–Kier alpha value is -3.35. The van der Waals surface area contributed by atoms with Gasteiger partial charge in [-0.25, -0.2) is 13.6 Å². The minimum absolute atomic E-state index is 0.0803. The number of esters is 1. The molecular formula is C22H18F2N2O3. The van der Waals surface area contributed by atoms with Crippen molar-refractivity contribution in [2.45, 2.75) is 25.7 Å². The zero-order chi connectivity index (χ0) is 20.4. The summed E-state index contributed by atoms with van der Waals surface area (Å²) < 4.78 is 31.5. The number of hydrogen-bond donors (Lipinski definition) is 1. The molecule has 1 heterocycles. The number of carbonyl (C=O) groups is 2. The number of benzene rings is 2. The van der Waals surface area contributed by atoms with Crippen molar-refractivity contribution in [3.63, 3.8) is 0 Å². The first-order valence-corrected chi connectivity index (χ1v) is 9.35. The molecule has 5 nitrogen and oxygen atoms in total. The van der Waals surface area contributed by atoms with Gasteiger partial charge in [-0.3, -0.25) is 9.78 Å². The summed E-state index contributed by atoms with van der Waals surface area (Å²) in [6.45, 7) is -0.538. The fourth-order valence-corrected chi connectivity index (χ4v) is 3.58. The molecule has 1 N–H and O–H groups in total. The van der Waals surface area contributed by atoms with Gasteiger partial charge in [0.1, 0.15) is 0 Å². The highest BCUT2D eigenvalue weighted by Crippen LogP contribution is 2.29. The standard InChI is InChI=1S/C22H18F2N2O3/c23-16-10-9-13(11-17(16)24)25-20(27)12-29-22(28)21-14-5-1-3-7-18(14)26-19-8-4-2-6-15(19)21/h1,3,5,7,9-11H,2,4,6,8,12H2,(H,25,27). The van der Waals surface area contributed by atoms with Gasteiger partial charge in [0, 0.05) is 22.8 Å². The molecule has 0 fully saturated rings. The number of para-hydroxylation sites is 1. The van der Waals surface area contributed by atoms with Gasteiger partial charge in [-0.15, -0.1) is 0 Å². The maximum atomic E-state index is 13.3. The Balaban J connectivity index is 1.53. The van der Waals surface area contributed by atoms with Gasteiger partial charge in [-0.05, 0) is 49.4 Å². The van der Waals surface area contributed by atoms with Crippen molar-refractivity contribution in [1.82, 2.24) is 4.98 Å². The lowest BCUT2D eigenvalue weighted by Crippen LogP contribution is -2.22. The van der Waals surface area contributed by atoms with E-state index >= 15 is 0 Å². The van der Waals surface area contributed by atoms with Crippen LogP contribution in [0, 0.1) is 11.6 Å². The molecule has 3 aromatic rings. The van der Waals surface area contributed by atoms with Crippen molar-refractivity contribution in [3.05, 3.63) is 70.9 Å². The van der Waals surface area contributed by atoms with Crippen LogP contribution in [0.1, 0.15) is 34.5 Å². The number of hydrogen-bond acceptors (Lipinski definition) is 4. The molecule has 1 amide bonds. The average Bonchev–Trinajstić information content (AvgIpc) is 2.73. The van der Waals surface area contributed by atoms with Gasteiger partial charge in [-0.2, -0.15) is 0 Å². The lowest BCUT2D eigenvalue weighted by molar-refractivity contribution is -0.119. The van der Waals surface area contributed by atoms with Gasteiger partial charge in [-0.1, -0.05) is 18.2 Å². The SMILES string of the molecule is O=C(COC(=O)c1c2c(nc3ccccc13)CCCC2)Nc1ccc(F)c(F)c1. The number of anilines is 1. The minimum Gasteiger partial charge on any atom is -0.452 e. The third kappa shape index (κ3) is 3.94. The van der Waals surface area contributed by atoms with Gasteiger partial charge < -0.3 is 10.1 Å². The number of pyridine rings is 1. The number of fused-ring (bicyclic) bond motifs is 2. The monoisotopic (exact) mass is 396 g/mol. The van der Waals surface area contributed by atoms with E-state index in [4.69, 9.17) is 4.74 Å². The zero-order valence-electron chi connectivity index (χ0n) is 15.5. The Kier molecular flexibility index (Phi) is 5.20. The van der Waals surface area contributed by atoms with Crippen LogP contribution in [0.25, 0.3) is 10.9 Å². The molecule has 0 saturated carbocycles. The highest BCUT2D eigenvalue weighted by molar-refractivity contribution is 6.06. The third-order valence-electron chi connectivity index (χ3n) is 4.91. The van der Waals surface area contributed by atoms with E-state index in [1.54, 1.807) is 0 Å². The fourth-order valence-electron chi connectivity index (χ4n) is 3.58. The second-order valence-corrected chi connectivity index (χ2v) is 6.89. The van der Waals surface area contributed by atoms with Gasteiger partial charge >= 0.3 is 5.97 Å². The van der Waals surface area contributed by atoms with Gasteiger partial charge in [0.15, 0.2) is 18.2 Å². The molecule has 0 spiro atoms. The van der Waals surface area contributed by atoms with E-state index in [0.29, 0.717) is 16.5 Å². The lowest BCUT2D eigenvalue weighted by atomic mass is 9.90. The third-order valence-corrected chi connectivity index (χ3v) is 4.91. The number of nitrogens with zero attached hydrogens (tertiary/aromatic N) is 1. The molecule has 0 aliphatic heterocycles. The molecule has 1 aliphatic rings. The number of carbonyl (C=O) groups excluding carboxylic acids is 2. The topological polar surface area (TPSA) is 68.3 Å². The van der Waals surface area contributed by atoms with Crippen molar-refractivity contribution in [2.24, 2.45) is 0 Å². The molecule has 0 bridgehead atoms. The van der Waals surface area contributed by atoms with Crippen LogP contribution < -0.4 is 5.32 Å².